The minimum absolute atomic E-state index is 0.129. The van der Waals surface area contributed by atoms with Gasteiger partial charge in [-0.15, -0.1) is 0 Å². The summed E-state index contributed by atoms with van der Waals surface area (Å²) in [5.41, 5.74) is 9.10. The average molecular weight is 317 g/mol. The van der Waals surface area contributed by atoms with Gasteiger partial charge in [-0.2, -0.15) is 0 Å². The predicted molar refractivity (Wildman–Crippen MR) is 92.6 cm³/mol. The Morgan fingerprint density at radius 2 is 1.96 bits per heavy atom. The highest BCUT2D eigenvalue weighted by atomic mass is 16.6. The highest BCUT2D eigenvalue weighted by Gasteiger charge is 2.39. The van der Waals surface area contributed by atoms with E-state index in [1.165, 1.54) is 0 Å². The molecule has 126 valence electrons. The van der Waals surface area contributed by atoms with Crippen LogP contribution in [0.15, 0.2) is 35.5 Å². The van der Waals surface area contributed by atoms with Crippen molar-refractivity contribution in [1.29, 1.82) is 0 Å². The van der Waals surface area contributed by atoms with E-state index in [-0.39, 0.29) is 12.0 Å². The lowest BCUT2D eigenvalue weighted by atomic mass is 10.1. The maximum absolute atomic E-state index is 12.6. The van der Waals surface area contributed by atoms with Crippen LogP contribution in [-0.2, 0) is 9.53 Å². The molecule has 5 heteroatoms. The Hall–Kier alpha value is -2.01. The van der Waals surface area contributed by atoms with Gasteiger partial charge in [0.25, 0.3) is 0 Å². The van der Waals surface area contributed by atoms with Gasteiger partial charge in [0, 0.05) is 5.70 Å². The number of carbonyl (C=O) groups excluding carboxylic acids is 1. The second-order valence-corrected chi connectivity index (χ2v) is 6.94. The summed E-state index contributed by atoms with van der Waals surface area (Å²) in [5.74, 6) is -0.281. The van der Waals surface area contributed by atoms with Gasteiger partial charge in [0.2, 0.25) is 0 Å². The third kappa shape index (κ3) is 3.50. The van der Waals surface area contributed by atoms with Crippen LogP contribution in [0.4, 0.5) is 5.69 Å². The molecule has 0 fully saturated rings. The van der Waals surface area contributed by atoms with Crippen LogP contribution in [0.2, 0.25) is 0 Å². The number of rotatable bonds is 3. The first-order chi connectivity index (χ1) is 10.7. The van der Waals surface area contributed by atoms with Crippen LogP contribution in [0.1, 0.15) is 40.2 Å². The lowest BCUT2D eigenvalue weighted by Gasteiger charge is -2.35. The first-order valence-corrected chi connectivity index (χ1v) is 7.93. The summed E-state index contributed by atoms with van der Waals surface area (Å²) < 4.78 is 5.57. The highest BCUT2D eigenvalue weighted by molar-refractivity contribution is 5.92. The van der Waals surface area contributed by atoms with Gasteiger partial charge in [0.1, 0.15) is 5.60 Å². The molecule has 1 aromatic carbocycles. The average Bonchev–Trinajstić information content (AvgIpc) is 2.67. The van der Waals surface area contributed by atoms with Gasteiger partial charge in [-0.3, -0.25) is 10.0 Å². The summed E-state index contributed by atoms with van der Waals surface area (Å²) in [4.78, 5) is 12.6. The molecule has 0 bridgehead atoms. The molecule has 1 atom stereocenters. The summed E-state index contributed by atoms with van der Waals surface area (Å²) in [6.45, 7) is 11.9. The Morgan fingerprint density at radius 3 is 2.48 bits per heavy atom. The second-order valence-electron chi connectivity index (χ2n) is 6.94. The lowest BCUT2D eigenvalue weighted by Crippen LogP contribution is -2.44. The van der Waals surface area contributed by atoms with Crippen LogP contribution in [0.5, 0.6) is 0 Å². The molecule has 0 radical (unpaired) electrons. The van der Waals surface area contributed by atoms with E-state index in [9.17, 15) is 4.79 Å². The molecule has 1 heterocycles. The van der Waals surface area contributed by atoms with Crippen LogP contribution in [0, 0.1) is 6.92 Å². The Balaban J connectivity index is 2.38. The van der Waals surface area contributed by atoms with Crippen molar-refractivity contribution in [2.75, 3.05) is 11.7 Å². The van der Waals surface area contributed by atoms with Crippen LogP contribution in [-0.4, -0.2) is 29.3 Å². The number of esters is 1. The molecular weight excluding hydrogens is 290 g/mol. The zero-order valence-electron chi connectivity index (χ0n) is 14.9. The second kappa shape index (κ2) is 6.24. The number of benzene rings is 1. The Kier molecular flexibility index (Phi) is 4.71. The smallest absolute Gasteiger partial charge is 0.338 e. The molecule has 1 aliphatic rings. The van der Waals surface area contributed by atoms with E-state index in [1.807, 2.05) is 64.8 Å². The van der Waals surface area contributed by atoms with Crippen molar-refractivity contribution in [3.63, 3.8) is 0 Å². The Morgan fingerprint density at radius 1 is 1.30 bits per heavy atom. The van der Waals surface area contributed by atoms with Gasteiger partial charge in [-0.1, -0.05) is 12.1 Å². The van der Waals surface area contributed by atoms with Crippen molar-refractivity contribution in [2.24, 2.45) is 5.73 Å². The largest absolute Gasteiger partial charge is 0.456 e. The number of hydrogen-bond donors (Lipinski definition) is 1. The van der Waals surface area contributed by atoms with Gasteiger partial charge in [-0.05, 0) is 59.2 Å². The molecule has 0 aromatic heterocycles. The maximum atomic E-state index is 12.6. The van der Waals surface area contributed by atoms with Crippen LogP contribution < -0.4 is 10.7 Å². The number of ether oxygens (including phenoxy) is 1. The van der Waals surface area contributed by atoms with E-state index in [0.717, 1.165) is 16.9 Å². The summed E-state index contributed by atoms with van der Waals surface area (Å²) >= 11 is 0. The summed E-state index contributed by atoms with van der Waals surface area (Å²) in [6.07, 6.45) is 0. The number of hydrogen-bond acceptors (Lipinski definition) is 5. The topological polar surface area (TPSA) is 58.8 Å². The minimum atomic E-state index is -0.519. The molecule has 1 aliphatic heterocycles. The van der Waals surface area contributed by atoms with Gasteiger partial charge in [-0.25, -0.2) is 4.79 Å². The lowest BCUT2D eigenvalue weighted by molar-refractivity contribution is -0.150. The summed E-state index contributed by atoms with van der Waals surface area (Å²) in [6, 6.07) is 8.04. The number of allylic oxidation sites excluding steroid dienone is 1. The van der Waals surface area contributed by atoms with Crippen molar-refractivity contribution in [1.82, 2.24) is 5.01 Å². The van der Waals surface area contributed by atoms with Crippen molar-refractivity contribution in [2.45, 2.75) is 53.2 Å². The molecule has 1 aromatic rings. The highest BCUT2D eigenvalue weighted by Crippen LogP contribution is 2.34. The normalized spacial score (nSPS) is 18.7. The molecule has 2 N–H and O–H groups in total. The molecule has 23 heavy (non-hydrogen) atoms. The van der Waals surface area contributed by atoms with E-state index in [1.54, 1.807) is 0 Å². The van der Waals surface area contributed by atoms with Crippen molar-refractivity contribution in [3.8, 4) is 0 Å². The molecule has 0 saturated heterocycles. The minimum Gasteiger partial charge on any atom is -0.456 e. The van der Waals surface area contributed by atoms with Gasteiger partial charge in [0.05, 0.1) is 24.0 Å². The fourth-order valence-corrected chi connectivity index (χ4v) is 2.94. The monoisotopic (exact) mass is 317 g/mol. The standard InChI is InChI=1S/C18H27N3O2/c1-12-8-7-9-15(10-12)21-14(3)16(13(2)20(21)11-19)17(22)23-18(4,5)6/h7-10,14H,11,19H2,1-6H3. The zero-order chi connectivity index (χ0) is 17.4. The third-order valence-electron chi connectivity index (χ3n) is 3.88. The number of anilines is 1. The van der Waals surface area contributed by atoms with E-state index in [0.29, 0.717) is 12.2 Å². The molecule has 0 aliphatic carbocycles. The molecular formula is C18H27N3O2. The zero-order valence-corrected chi connectivity index (χ0v) is 14.9. The SMILES string of the molecule is CC1=C(C(=O)OC(C)(C)C)C(C)N(c2cccc(C)c2)N1CN. The molecule has 0 spiro atoms. The van der Waals surface area contributed by atoms with E-state index in [4.69, 9.17) is 10.5 Å². The summed E-state index contributed by atoms with van der Waals surface area (Å²) in [5, 5.41) is 3.99. The van der Waals surface area contributed by atoms with E-state index < -0.39 is 5.60 Å². The van der Waals surface area contributed by atoms with E-state index in [2.05, 4.69) is 11.1 Å². The molecule has 2 rings (SSSR count). The number of aryl methyl sites for hydroxylation is 1. The number of nitrogens with two attached hydrogens (primary N) is 1. The van der Waals surface area contributed by atoms with Crippen molar-refractivity contribution >= 4 is 11.7 Å². The van der Waals surface area contributed by atoms with Gasteiger partial charge >= 0.3 is 5.97 Å². The quantitative estimate of drug-likeness (QED) is 0.869. The third-order valence-corrected chi connectivity index (χ3v) is 3.88. The fourth-order valence-electron chi connectivity index (χ4n) is 2.94. The van der Waals surface area contributed by atoms with Crippen molar-refractivity contribution < 1.29 is 9.53 Å². The van der Waals surface area contributed by atoms with E-state index >= 15 is 0 Å². The maximum Gasteiger partial charge on any atom is 0.338 e. The Labute approximate surface area is 138 Å². The number of nitrogens with zero attached hydrogens (tertiary/aromatic N) is 2. The fraction of sp³-hybridized carbons (Fsp3) is 0.500. The first kappa shape index (κ1) is 17.3. The number of carbonyl (C=O) groups is 1. The predicted octanol–water partition coefficient (Wildman–Crippen LogP) is 2.95. The van der Waals surface area contributed by atoms with Gasteiger partial charge in [0.15, 0.2) is 0 Å². The number of hydrazine groups is 1. The molecule has 0 saturated carbocycles. The van der Waals surface area contributed by atoms with Crippen LogP contribution in [0.3, 0.4) is 0 Å². The molecule has 1 unspecified atom stereocenters. The Bertz CT molecular complexity index is 631. The molecule has 5 nitrogen and oxygen atoms in total. The first-order valence-electron chi connectivity index (χ1n) is 7.93. The van der Waals surface area contributed by atoms with Gasteiger partial charge < -0.3 is 10.5 Å². The summed E-state index contributed by atoms with van der Waals surface area (Å²) in [7, 11) is 0. The van der Waals surface area contributed by atoms with Crippen LogP contribution >= 0.6 is 0 Å². The molecule has 0 amide bonds. The van der Waals surface area contributed by atoms with Crippen LogP contribution in [0.25, 0.3) is 0 Å². The van der Waals surface area contributed by atoms with Crippen molar-refractivity contribution in [3.05, 3.63) is 41.1 Å².